The highest BCUT2D eigenvalue weighted by Crippen LogP contribution is 2.40. The van der Waals surface area contributed by atoms with Gasteiger partial charge in [0.2, 0.25) is 0 Å². The summed E-state index contributed by atoms with van der Waals surface area (Å²) < 4.78 is 5.07. The lowest BCUT2D eigenvalue weighted by molar-refractivity contribution is -0.150. The van der Waals surface area contributed by atoms with E-state index in [0.717, 1.165) is 25.7 Å². The third kappa shape index (κ3) is 3.91. The lowest BCUT2D eigenvalue weighted by Crippen LogP contribution is -2.57. The Labute approximate surface area is 148 Å². The Kier molecular flexibility index (Phi) is 5.51. The number of carbonyl (C=O) groups excluding carboxylic acids is 2. The quantitative estimate of drug-likeness (QED) is 0.672. The number of amides is 1. The van der Waals surface area contributed by atoms with Crippen molar-refractivity contribution < 1.29 is 14.3 Å². The smallest absolute Gasteiger partial charge is 0.331 e. The molecule has 1 aromatic heterocycles. The second-order valence-corrected chi connectivity index (χ2v) is 7.06. The first kappa shape index (κ1) is 17.6. The topological polar surface area (TPSA) is 68.3 Å². The van der Waals surface area contributed by atoms with Crippen molar-refractivity contribution in [3.8, 4) is 0 Å². The SMILES string of the molecule is COC(=O)C1(NC(=O)c2ccccn2)CCCC(C2=CCCCC2)C1. The number of hydrogen-bond donors (Lipinski definition) is 1. The Morgan fingerprint density at radius 2 is 2.16 bits per heavy atom. The van der Waals surface area contributed by atoms with Gasteiger partial charge in [-0.2, -0.15) is 0 Å². The molecule has 0 radical (unpaired) electrons. The van der Waals surface area contributed by atoms with Crippen LogP contribution in [0.2, 0.25) is 0 Å². The second-order valence-electron chi connectivity index (χ2n) is 7.06. The van der Waals surface area contributed by atoms with Crippen LogP contribution in [0.1, 0.15) is 61.9 Å². The lowest BCUT2D eigenvalue weighted by atomic mass is 9.71. The van der Waals surface area contributed by atoms with Gasteiger partial charge < -0.3 is 10.1 Å². The van der Waals surface area contributed by atoms with E-state index in [1.807, 2.05) is 0 Å². The summed E-state index contributed by atoms with van der Waals surface area (Å²) in [7, 11) is 1.39. The van der Waals surface area contributed by atoms with Crippen molar-refractivity contribution in [2.75, 3.05) is 7.11 Å². The van der Waals surface area contributed by atoms with E-state index in [-0.39, 0.29) is 11.9 Å². The standard InChI is InChI=1S/C20H26N2O3/c1-25-19(24)20(22-18(23)17-11-5-6-13-21-17)12-7-10-16(14-20)15-8-3-2-4-9-15/h5-6,8,11,13,16H,2-4,7,9-10,12,14H2,1H3,(H,22,23). The molecule has 134 valence electrons. The van der Waals surface area contributed by atoms with Crippen molar-refractivity contribution in [1.29, 1.82) is 0 Å². The number of methoxy groups -OCH3 is 1. The molecule has 0 bridgehead atoms. The lowest BCUT2D eigenvalue weighted by Gasteiger charge is -2.40. The Morgan fingerprint density at radius 3 is 2.84 bits per heavy atom. The van der Waals surface area contributed by atoms with Crippen LogP contribution in [0.3, 0.4) is 0 Å². The maximum absolute atomic E-state index is 12.6. The minimum absolute atomic E-state index is 0.315. The summed E-state index contributed by atoms with van der Waals surface area (Å²) in [5, 5.41) is 2.97. The Balaban J connectivity index is 1.81. The highest BCUT2D eigenvalue weighted by atomic mass is 16.5. The summed E-state index contributed by atoms with van der Waals surface area (Å²) >= 11 is 0. The number of carbonyl (C=O) groups is 2. The largest absolute Gasteiger partial charge is 0.467 e. The normalized spacial score (nSPS) is 26.4. The molecule has 1 heterocycles. The molecule has 1 N–H and O–H groups in total. The molecule has 0 aromatic carbocycles. The molecule has 25 heavy (non-hydrogen) atoms. The summed E-state index contributed by atoms with van der Waals surface area (Å²) in [6.45, 7) is 0. The summed E-state index contributed by atoms with van der Waals surface area (Å²) in [5.41, 5.74) is 0.820. The number of allylic oxidation sites excluding steroid dienone is 2. The van der Waals surface area contributed by atoms with Crippen molar-refractivity contribution in [3.05, 3.63) is 41.7 Å². The molecule has 1 fully saturated rings. The number of rotatable bonds is 4. The summed E-state index contributed by atoms with van der Waals surface area (Å²) in [5.74, 6) is -0.320. The summed E-state index contributed by atoms with van der Waals surface area (Å²) in [4.78, 5) is 29.3. The third-order valence-electron chi connectivity index (χ3n) is 5.43. The minimum Gasteiger partial charge on any atom is -0.467 e. The molecular formula is C20H26N2O3. The van der Waals surface area contributed by atoms with E-state index >= 15 is 0 Å². The zero-order chi connectivity index (χ0) is 17.7. The predicted octanol–water partition coefficient (Wildman–Crippen LogP) is 3.41. The van der Waals surface area contributed by atoms with Gasteiger partial charge in [-0.3, -0.25) is 9.78 Å². The number of ether oxygens (including phenoxy) is 1. The number of hydrogen-bond acceptors (Lipinski definition) is 4. The van der Waals surface area contributed by atoms with E-state index in [1.165, 1.54) is 25.5 Å². The van der Waals surface area contributed by atoms with E-state index in [0.29, 0.717) is 24.5 Å². The van der Waals surface area contributed by atoms with Gasteiger partial charge in [0, 0.05) is 6.20 Å². The van der Waals surface area contributed by atoms with Crippen LogP contribution < -0.4 is 5.32 Å². The van der Waals surface area contributed by atoms with E-state index in [2.05, 4.69) is 16.4 Å². The van der Waals surface area contributed by atoms with Crippen molar-refractivity contribution in [1.82, 2.24) is 10.3 Å². The van der Waals surface area contributed by atoms with Gasteiger partial charge in [0.15, 0.2) is 0 Å². The maximum atomic E-state index is 12.6. The van der Waals surface area contributed by atoms with Crippen LogP contribution >= 0.6 is 0 Å². The highest BCUT2D eigenvalue weighted by molar-refractivity contribution is 5.96. The van der Waals surface area contributed by atoms with Crippen LogP contribution in [-0.4, -0.2) is 29.5 Å². The average molecular weight is 342 g/mol. The zero-order valence-electron chi connectivity index (χ0n) is 14.8. The minimum atomic E-state index is -0.954. The molecule has 0 saturated heterocycles. The second kappa shape index (κ2) is 7.81. The first-order valence-corrected chi connectivity index (χ1v) is 9.15. The predicted molar refractivity (Wildman–Crippen MR) is 95.0 cm³/mol. The summed E-state index contributed by atoms with van der Waals surface area (Å²) in [6, 6.07) is 5.19. The zero-order valence-corrected chi connectivity index (χ0v) is 14.8. The molecule has 1 aromatic rings. The van der Waals surface area contributed by atoms with Crippen LogP contribution in [0.5, 0.6) is 0 Å². The molecular weight excluding hydrogens is 316 g/mol. The van der Waals surface area contributed by atoms with Crippen molar-refractivity contribution >= 4 is 11.9 Å². The molecule has 0 aliphatic heterocycles. The number of nitrogens with zero attached hydrogens (tertiary/aromatic N) is 1. The van der Waals surface area contributed by atoms with Crippen LogP contribution in [0.15, 0.2) is 36.0 Å². The van der Waals surface area contributed by atoms with Crippen LogP contribution in [-0.2, 0) is 9.53 Å². The van der Waals surface area contributed by atoms with Gasteiger partial charge in [-0.15, -0.1) is 0 Å². The molecule has 2 aliphatic rings. The van der Waals surface area contributed by atoms with Crippen LogP contribution in [0, 0.1) is 5.92 Å². The molecule has 2 atom stereocenters. The van der Waals surface area contributed by atoms with Gasteiger partial charge in [-0.1, -0.05) is 17.7 Å². The first-order chi connectivity index (χ1) is 12.1. The van der Waals surface area contributed by atoms with Crippen molar-refractivity contribution in [3.63, 3.8) is 0 Å². The van der Waals surface area contributed by atoms with Gasteiger partial charge in [0.05, 0.1) is 7.11 Å². The van der Waals surface area contributed by atoms with E-state index in [1.54, 1.807) is 24.4 Å². The maximum Gasteiger partial charge on any atom is 0.331 e. The molecule has 0 spiro atoms. The van der Waals surface area contributed by atoms with Gasteiger partial charge >= 0.3 is 5.97 Å². The number of esters is 1. The number of pyridine rings is 1. The molecule has 2 unspecified atom stereocenters. The van der Waals surface area contributed by atoms with Gasteiger partial charge in [-0.25, -0.2) is 4.79 Å². The van der Waals surface area contributed by atoms with E-state index in [4.69, 9.17) is 4.74 Å². The third-order valence-corrected chi connectivity index (χ3v) is 5.43. The molecule has 5 heteroatoms. The number of nitrogens with one attached hydrogen (secondary N) is 1. The van der Waals surface area contributed by atoms with Gasteiger partial charge in [-0.05, 0) is 69.4 Å². The monoisotopic (exact) mass is 342 g/mol. The fourth-order valence-electron chi connectivity index (χ4n) is 4.15. The Hall–Kier alpha value is -2.17. The van der Waals surface area contributed by atoms with E-state index in [9.17, 15) is 9.59 Å². The average Bonchev–Trinajstić information content (AvgIpc) is 2.68. The van der Waals surface area contributed by atoms with E-state index < -0.39 is 5.54 Å². The molecule has 2 aliphatic carbocycles. The fraction of sp³-hybridized carbons (Fsp3) is 0.550. The van der Waals surface area contributed by atoms with Gasteiger partial charge in [0.1, 0.15) is 11.2 Å². The van der Waals surface area contributed by atoms with Crippen molar-refractivity contribution in [2.24, 2.45) is 5.92 Å². The van der Waals surface area contributed by atoms with Gasteiger partial charge in [0.25, 0.3) is 5.91 Å². The molecule has 5 nitrogen and oxygen atoms in total. The molecule has 1 amide bonds. The first-order valence-electron chi connectivity index (χ1n) is 9.15. The fourth-order valence-corrected chi connectivity index (χ4v) is 4.15. The Bertz CT molecular complexity index is 656. The highest BCUT2D eigenvalue weighted by Gasteiger charge is 2.46. The van der Waals surface area contributed by atoms with Crippen molar-refractivity contribution in [2.45, 2.75) is 56.9 Å². The Morgan fingerprint density at radius 1 is 1.28 bits per heavy atom. The summed E-state index contributed by atoms with van der Waals surface area (Å²) in [6.07, 6.45) is 11.8. The van der Waals surface area contributed by atoms with Crippen LogP contribution in [0.25, 0.3) is 0 Å². The van der Waals surface area contributed by atoms with Crippen LogP contribution in [0.4, 0.5) is 0 Å². The molecule has 1 saturated carbocycles. The molecule has 3 rings (SSSR count). The number of aromatic nitrogens is 1.